The molecule has 110 valence electrons. The zero-order chi connectivity index (χ0) is 14.9. The van der Waals surface area contributed by atoms with Crippen molar-refractivity contribution in [1.29, 1.82) is 0 Å². The van der Waals surface area contributed by atoms with Gasteiger partial charge in [0.25, 0.3) is 0 Å². The van der Waals surface area contributed by atoms with E-state index in [4.69, 9.17) is 15.2 Å². The Labute approximate surface area is 125 Å². The highest BCUT2D eigenvalue weighted by Crippen LogP contribution is 2.41. The standard InChI is InChI=1S/C18H21NO2/c1-13-8-9-17(14(2)10-13)18(15-6-4-3-5-7-15)20-12-16(11-19)21-18/h3-10,16H,11-12,19H2,1-2H3. The van der Waals surface area contributed by atoms with E-state index in [1.807, 2.05) is 30.3 Å². The maximum atomic E-state index is 6.24. The van der Waals surface area contributed by atoms with Crippen molar-refractivity contribution in [2.24, 2.45) is 5.73 Å². The Bertz CT molecular complexity index is 626. The summed E-state index contributed by atoms with van der Waals surface area (Å²) in [6, 6.07) is 16.4. The van der Waals surface area contributed by atoms with Crippen molar-refractivity contribution in [1.82, 2.24) is 0 Å². The Hall–Kier alpha value is -1.68. The molecule has 2 N–H and O–H groups in total. The molecule has 0 saturated carbocycles. The van der Waals surface area contributed by atoms with Crippen LogP contribution in [0.3, 0.4) is 0 Å². The molecule has 0 bridgehead atoms. The smallest absolute Gasteiger partial charge is 0.223 e. The van der Waals surface area contributed by atoms with Gasteiger partial charge >= 0.3 is 0 Å². The molecule has 3 nitrogen and oxygen atoms in total. The maximum Gasteiger partial charge on any atom is 0.223 e. The van der Waals surface area contributed by atoms with E-state index >= 15 is 0 Å². The maximum absolute atomic E-state index is 6.24. The van der Waals surface area contributed by atoms with Gasteiger partial charge in [-0.3, -0.25) is 0 Å². The van der Waals surface area contributed by atoms with Crippen LogP contribution in [0.1, 0.15) is 22.3 Å². The monoisotopic (exact) mass is 283 g/mol. The first-order valence-electron chi connectivity index (χ1n) is 7.31. The van der Waals surface area contributed by atoms with Crippen LogP contribution in [-0.4, -0.2) is 19.3 Å². The fourth-order valence-electron chi connectivity index (χ4n) is 2.92. The van der Waals surface area contributed by atoms with Crippen LogP contribution in [-0.2, 0) is 15.3 Å². The first kappa shape index (κ1) is 14.3. The quantitative estimate of drug-likeness (QED) is 0.942. The normalized spacial score (nSPS) is 25.2. The average molecular weight is 283 g/mol. The van der Waals surface area contributed by atoms with Crippen LogP contribution in [0.25, 0.3) is 0 Å². The minimum Gasteiger partial charge on any atom is -0.339 e. The van der Waals surface area contributed by atoms with Crippen molar-refractivity contribution in [2.75, 3.05) is 13.2 Å². The molecule has 2 aromatic rings. The number of aryl methyl sites for hydroxylation is 2. The van der Waals surface area contributed by atoms with Gasteiger partial charge in [0.1, 0.15) is 0 Å². The van der Waals surface area contributed by atoms with Crippen LogP contribution in [0, 0.1) is 13.8 Å². The van der Waals surface area contributed by atoms with Crippen molar-refractivity contribution in [3.05, 3.63) is 70.8 Å². The molecule has 2 aromatic carbocycles. The molecular weight excluding hydrogens is 262 g/mol. The van der Waals surface area contributed by atoms with E-state index in [9.17, 15) is 0 Å². The van der Waals surface area contributed by atoms with E-state index in [0.717, 1.165) is 16.7 Å². The largest absolute Gasteiger partial charge is 0.339 e. The zero-order valence-corrected chi connectivity index (χ0v) is 12.5. The topological polar surface area (TPSA) is 44.5 Å². The van der Waals surface area contributed by atoms with Gasteiger partial charge in [-0.25, -0.2) is 0 Å². The van der Waals surface area contributed by atoms with Crippen molar-refractivity contribution in [3.8, 4) is 0 Å². The number of nitrogens with two attached hydrogens (primary N) is 1. The summed E-state index contributed by atoms with van der Waals surface area (Å²) < 4.78 is 12.4. The molecular formula is C18H21NO2. The second-order valence-electron chi connectivity index (χ2n) is 5.59. The lowest BCUT2D eigenvalue weighted by Crippen LogP contribution is -2.32. The highest BCUT2D eigenvalue weighted by molar-refractivity contribution is 5.41. The van der Waals surface area contributed by atoms with Crippen molar-refractivity contribution < 1.29 is 9.47 Å². The third-order valence-electron chi connectivity index (χ3n) is 3.96. The molecule has 2 unspecified atom stereocenters. The highest BCUT2D eigenvalue weighted by atomic mass is 16.7. The molecule has 3 heteroatoms. The molecule has 0 aliphatic carbocycles. The summed E-state index contributed by atoms with van der Waals surface area (Å²) in [4.78, 5) is 0. The minimum atomic E-state index is -0.844. The number of benzene rings is 2. The Morgan fingerprint density at radius 2 is 1.90 bits per heavy atom. The molecule has 0 aromatic heterocycles. The van der Waals surface area contributed by atoms with Gasteiger partial charge in [-0.1, -0.05) is 54.1 Å². The number of hydrogen-bond donors (Lipinski definition) is 1. The molecule has 0 amide bonds. The molecule has 1 saturated heterocycles. The molecule has 3 rings (SSSR count). The number of rotatable bonds is 3. The molecule has 21 heavy (non-hydrogen) atoms. The minimum absolute atomic E-state index is 0.0779. The Balaban J connectivity index is 2.13. The molecule has 0 spiro atoms. The lowest BCUT2D eigenvalue weighted by atomic mass is 9.92. The van der Waals surface area contributed by atoms with Crippen molar-refractivity contribution in [3.63, 3.8) is 0 Å². The molecule has 2 atom stereocenters. The van der Waals surface area contributed by atoms with Gasteiger partial charge in [0, 0.05) is 17.7 Å². The predicted octanol–water partition coefficient (Wildman–Crippen LogP) is 2.88. The molecule has 1 fully saturated rings. The lowest BCUT2D eigenvalue weighted by Gasteiger charge is -2.30. The number of hydrogen-bond acceptors (Lipinski definition) is 3. The van der Waals surface area contributed by atoms with Gasteiger partial charge in [-0.05, 0) is 19.4 Å². The van der Waals surface area contributed by atoms with Gasteiger partial charge in [0.05, 0.1) is 12.7 Å². The van der Waals surface area contributed by atoms with Gasteiger partial charge in [-0.2, -0.15) is 0 Å². The molecule has 0 radical (unpaired) electrons. The van der Waals surface area contributed by atoms with Gasteiger partial charge in [0.15, 0.2) is 0 Å². The summed E-state index contributed by atoms with van der Waals surface area (Å²) in [5.41, 5.74) is 10.2. The Morgan fingerprint density at radius 3 is 2.52 bits per heavy atom. The third kappa shape index (κ3) is 2.48. The van der Waals surface area contributed by atoms with Gasteiger partial charge < -0.3 is 15.2 Å². The fraction of sp³-hybridized carbons (Fsp3) is 0.333. The molecule has 1 aliphatic rings. The third-order valence-corrected chi connectivity index (χ3v) is 3.96. The summed E-state index contributed by atoms with van der Waals surface area (Å²) >= 11 is 0. The first-order valence-corrected chi connectivity index (χ1v) is 7.31. The van der Waals surface area contributed by atoms with E-state index < -0.39 is 5.79 Å². The van der Waals surface area contributed by atoms with Crippen LogP contribution in [0.2, 0.25) is 0 Å². The fourth-order valence-corrected chi connectivity index (χ4v) is 2.92. The summed E-state index contributed by atoms with van der Waals surface area (Å²) in [5, 5.41) is 0. The lowest BCUT2D eigenvalue weighted by molar-refractivity contribution is -0.141. The van der Waals surface area contributed by atoms with E-state index in [1.165, 1.54) is 5.56 Å². The SMILES string of the molecule is Cc1ccc(C2(c3ccccc3)OCC(CN)O2)c(C)c1. The van der Waals surface area contributed by atoms with Crippen LogP contribution in [0.5, 0.6) is 0 Å². The van der Waals surface area contributed by atoms with Crippen molar-refractivity contribution >= 4 is 0 Å². The predicted molar refractivity (Wildman–Crippen MR) is 83.0 cm³/mol. The summed E-state index contributed by atoms with van der Waals surface area (Å²) in [6.07, 6.45) is -0.0779. The average Bonchev–Trinajstić information content (AvgIpc) is 2.93. The summed E-state index contributed by atoms with van der Waals surface area (Å²) in [7, 11) is 0. The van der Waals surface area contributed by atoms with E-state index in [2.05, 4.69) is 32.0 Å². The van der Waals surface area contributed by atoms with E-state index in [1.54, 1.807) is 0 Å². The molecule has 1 heterocycles. The summed E-state index contributed by atoms with van der Waals surface area (Å²) in [6.45, 7) is 5.15. The van der Waals surface area contributed by atoms with Gasteiger partial charge in [-0.15, -0.1) is 0 Å². The van der Waals surface area contributed by atoms with Gasteiger partial charge in [0.2, 0.25) is 5.79 Å². The van der Waals surface area contributed by atoms with Crippen molar-refractivity contribution in [2.45, 2.75) is 25.7 Å². The van der Waals surface area contributed by atoms with E-state index in [0.29, 0.717) is 13.2 Å². The first-order chi connectivity index (χ1) is 10.2. The number of ether oxygens (including phenoxy) is 2. The van der Waals surface area contributed by atoms with Crippen LogP contribution in [0.4, 0.5) is 0 Å². The van der Waals surface area contributed by atoms with Crippen LogP contribution in [0.15, 0.2) is 48.5 Å². The second kappa shape index (κ2) is 5.60. The van der Waals surface area contributed by atoms with E-state index in [-0.39, 0.29) is 6.10 Å². The second-order valence-corrected chi connectivity index (χ2v) is 5.59. The zero-order valence-electron chi connectivity index (χ0n) is 12.5. The Morgan fingerprint density at radius 1 is 1.14 bits per heavy atom. The van der Waals surface area contributed by atoms with Crippen LogP contribution >= 0.6 is 0 Å². The summed E-state index contributed by atoms with van der Waals surface area (Å²) in [5.74, 6) is -0.844. The molecule has 1 aliphatic heterocycles. The highest BCUT2D eigenvalue weighted by Gasteiger charge is 2.45. The van der Waals surface area contributed by atoms with Crippen LogP contribution < -0.4 is 5.73 Å². The Kier molecular flexibility index (Phi) is 3.81.